The Hall–Kier alpha value is -2.74. The monoisotopic (exact) mass is 428 g/mol. The Bertz CT molecular complexity index is 1160. The van der Waals surface area contributed by atoms with E-state index in [1.165, 1.54) is 18.6 Å². The predicted molar refractivity (Wildman–Crippen MR) is 111 cm³/mol. The van der Waals surface area contributed by atoms with E-state index in [4.69, 9.17) is 4.74 Å². The van der Waals surface area contributed by atoms with E-state index in [0.29, 0.717) is 17.3 Å². The van der Waals surface area contributed by atoms with E-state index >= 15 is 0 Å². The summed E-state index contributed by atoms with van der Waals surface area (Å²) in [4.78, 5) is 4.68. The highest BCUT2D eigenvalue weighted by atomic mass is 19.4. The third kappa shape index (κ3) is 3.43. The number of hydrogen-bond donors (Lipinski definition) is 1. The van der Waals surface area contributed by atoms with E-state index in [2.05, 4.69) is 26.6 Å². The number of pyridine rings is 1. The number of fused-ring (bicyclic) bond motifs is 2. The van der Waals surface area contributed by atoms with Crippen molar-refractivity contribution in [3.8, 4) is 0 Å². The number of rotatable bonds is 4. The number of benzene rings is 1. The number of alkyl halides is 3. The lowest BCUT2D eigenvalue weighted by Gasteiger charge is -2.23. The van der Waals surface area contributed by atoms with Crippen LogP contribution in [0.5, 0.6) is 0 Å². The molecule has 2 unspecified atom stereocenters. The summed E-state index contributed by atoms with van der Waals surface area (Å²) in [6.07, 6.45) is -0.361. The fourth-order valence-electron chi connectivity index (χ4n) is 4.81. The van der Waals surface area contributed by atoms with Crippen LogP contribution in [0.15, 0.2) is 30.5 Å². The van der Waals surface area contributed by atoms with Crippen molar-refractivity contribution in [1.29, 1.82) is 0 Å². The highest BCUT2D eigenvalue weighted by Gasteiger charge is 2.56. The molecular weight excluding hydrogens is 405 g/mol. The van der Waals surface area contributed by atoms with Gasteiger partial charge in [0.25, 0.3) is 0 Å². The molecule has 5 nitrogen and oxygen atoms in total. The van der Waals surface area contributed by atoms with Crippen LogP contribution < -0.4 is 5.32 Å². The largest absolute Gasteiger partial charge is 0.416 e. The highest BCUT2D eigenvalue weighted by molar-refractivity contribution is 5.90. The molecule has 1 aliphatic heterocycles. The molecule has 1 saturated heterocycles. The zero-order valence-corrected chi connectivity index (χ0v) is 17.4. The Balaban J connectivity index is 1.48. The van der Waals surface area contributed by atoms with Gasteiger partial charge in [-0.05, 0) is 61.4 Å². The molecule has 2 fully saturated rings. The number of ether oxygens (including phenoxy) is 1. The van der Waals surface area contributed by atoms with Gasteiger partial charge < -0.3 is 10.1 Å². The second-order valence-electron chi connectivity index (χ2n) is 8.58. The molecule has 1 aliphatic carbocycles. The molecule has 1 N–H and O–H groups in total. The molecule has 2 atom stereocenters. The molecule has 3 aromatic rings. The molecule has 8 heteroatoms. The van der Waals surface area contributed by atoms with Gasteiger partial charge in [-0.15, -0.1) is 5.10 Å². The first kappa shape index (κ1) is 20.2. The van der Waals surface area contributed by atoms with Gasteiger partial charge in [0.2, 0.25) is 0 Å². The summed E-state index contributed by atoms with van der Waals surface area (Å²) >= 11 is 0. The van der Waals surface area contributed by atoms with Crippen LogP contribution in [0.4, 0.5) is 19.0 Å². The molecule has 31 heavy (non-hydrogen) atoms. The minimum Gasteiger partial charge on any atom is -0.381 e. The number of nitrogens with zero attached hydrogens (tertiary/aromatic N) is 3. The zero-order chi connectivity index (χ0) is 21.8. The van der Waals surface area contributed by atoms with Crippen molar-refractivity contribution in [3.63, 3.8) is 0 Å². The quantitative estimate of drug-likeness (QED) is 0.637. The average Bonchev–Trinajstić information content (AvgIpc) is 3.49. The van der Waals surface area contributed by atoms with Crippen LogP contribution in [0.2, 0.25) is 0 Å². The lowest BCUT2D eigenvalue weighted by molar-refractivity contribution is -0.138. The topological polar surface area (TPSA) is 59.9 Å². The van der Waals surface area contributed by atoms with Crippen LogP contribution in [0.25, 0.3) is 10.9 Å². The maximum Gasteiger partial charge on any atom is 0.416 e. The van der Waals surface area contributed by atoms with Crippen molar-refractivity contribution in [2.75, 3.05) is 18.5 Å². The average molecular weight is 428 g/mol. The normalized spacial score (nSPS) is 22.9. The number of aromatic nitrogens is 3. The third-order valence-corrected chi connectivity index (χ3v) is 6.80. The lowest BCUT2D eigenvalue weighted by Crippen LogP contribution is -2.21. The summed E-state index contributed by atoms with van der Waals surface area (Å²) in [5, 5.41) is 12.5. The molecule has 0 radical (unpaired) electrons. The van der Waals surface area contributed by atoms with E-state index < -0.39 is 11.7 Å². The number of halogens is 3. The molecule has 0 bridgehead atoms. The molecule has 1 saturated carbocycles. The molecule has 0 spiro atoms. The first-order valence-corrected chi connectivity index (χ1v) is 10.4. The van der Waals surface area contributed by atoms with Crippen LogP contribution >= 0.6 is 0 Å². The lowest BCUT2D eigenvalue weighted by atomic mass is 9.89. The summed E-state index contributed by atoms with van der Waals surface area (Å²) in [6.45, 7) is 5.10. The molecule has 162 valence electrons. The van der Waals surface area contributed by atoms with Crippen LogP contribution in [-0.4, -0.2) is 28.4 Å². The van der Waals surface area contributed by atoms with Crippen molar-refractivity contribution < 1.29 is 17.9 Å². The summed E-state index contributed by atoms with van der Waals surface area (Å²) in [6, 6.07) is 6.36. The summed E-state index contributed by atoms with van der Waals surface area (Å²) in [7, 11) is 0. The van der Waals surface area contributed by atoms with Crippen LogP contribution in [-0.2, 0) is 22.9 Å². The van der Waals surface area contributed by atoms with Crippen LogP contribution in [0.1, 0.15) is 40.8 Å². The van der Waals surface area contributed by atoms with Gasteiger partial charge >= 0.3 is 6.18 Å². The maximum absolute atomic E-state index is 13.2. The number of anilines is 1. The van der Waals surface area contributed by atoms with Gasteiger partial charge in [0.1, 0.15) is 0 Å². The molecule has 1 aromatic carbocycles. The van der Waals surface area contributed by atoms with Gasteiger partial charge in [-0.2, -0.15) is 18.3 Å². The third-order valence-electron chi connectivity index (χ3n) is 6.80. The van der Waals surface area contributed by atoms with Crippen molar-refractivity contribution in [2.45, 2.75) is 44.8 Å². The van der Waals surface area contributed by atoms with E-state index in [1.54, 1.807) is 6.07 Å². The molecular formula is C23H23F3N4O. The van der Waals surface area contributed by atoms with Gasteiger partial charge in [0, 0.05) is 30.1 Å². The number of nitrogens with one attached hydrogen (secondary N) is 1. The fourth-order valence-corrected chi connectivity index (χ4v) is 4.81. The summed E-state index contributed by atoms with van der Waals surface area (Å²) in [5.74, 6) is 1.06. The Kier molecular flexibility index (Phi) is 4.66. The predicted octanol–water partition coefficient (Wildman–Crippen LogP) is 4.95. The smallest absolute Gasteiger partial charge is 0.381 e. The van der Waals surface area contributed by atoms with Crippen LogP contribution in [0.3, 0.4) is 0 Å². The summed E-state index contributed by atoms with van der Waals surface area (Å²) < 4.78 is 45.3. The maximum atomic E-state index is 13.2. The van der Waals surface area contributed by atoms with Crippen molar-refractivity contribution in [3.05, 3.63) is 58.4 Å². The van der Waals surface area contributed by atoms with E-state index in [9.17, 15) is 13.2 Å². The molecule has 2 aliphatic rings. The second-order valence-corrected chi connectivity index (χ2v) is 8.58. The Morgan fingerprint density at radius 1 is 1.23 bits per heavy atom. The fraction of sp³-hybridized carbons (Fsp3) is 0.435. The minimum atomic E-state index is -4.38. The van der Waals surface area contributed by atoms with E-state index in [0.717, 1.165) is 48.7 Å². The van der Waals surface area contributed by atoms with Gasteiger partial charge in [-0.25, -0.2) is 0 Å². The summed E-state index contributed by atoms with van der Waals surface area (Å²) in [5.41, 5.74) is 2.95. The zero-order valence-electron chi connectivity index (χ0n) is 17.4. The number of hydrogen-bond acceptors (Lipinski definition) is 5. The van der Waals surface area contributed by atoms with Gasteiger partial charge in [0.15, 0.2) is 5.82 Å². The van der Waals surface area contributed by atoms with Gasteiger partial charge in [-0.3, -0.25) is 4.98 Å². The Morgan fingerprint density at radius 2 is 2.06 bits per heavy atom. The molecule has 5 rings (SSSR count). The van der Waals surface area contributed by atoms with Crippen LogP contribution in [0, 0.1) is 19.8 Å². The molecule has 2 aromatic heterocycles. The molecule has 0 amide bonds. The standard InChI is InChI=1S/C23H23F3N4O/c1-13-15(4-3-5-19(13)23(24,25)26)10-28-21-18-8-16(11-27-20(18)14(2)29-30-21)22-6-7-31-12-17(22)9-22/h3-5,8,11,17H,6-7,9-10,12H2,1-2H3,(H,28,30). The number of aryl methyl sites for hydroxylation is 1. The first-order valence-electron chi connectivity index (χ1n) is 10.4. The highest BCUT2D eigenvalue weighted by Crippen LogP contribution is 2.58. The van der Waals surface area contributed by atoms with E-state index in [1.807, 2.05) is 13.1 Å². The van der Waals surface area contributed by atoms with Gasteiger partial charge in [0.05, 0.1) is 23.4 Å². The Morgan fingerprint density at radius 3 is 2.84 bits per heavy atom. The first-order chi connectivity index (χ1) is 14.8. The second kappa shape index (κ2) is 7.15. The van der Waals surface area contributed by atoms with Gasteiger partial charge in [-0.1, -0.05) is 12.1 Å². The minimum absolute atomic E-state index is 0.130. The van der Waals surface area contributed by atoms with Crippen molar-refractivity contribution >= 4 is 16.7 Å². The van der Waals surface area contributed by atoms with Crippen molar-refractivity contribution in [1.82, 2.24) is 15.2 Å². The van der Waals surface area contributed by atoms with E-state index in [-0.39, 0.29) is 17.5 Å². The molecule has 3 heterocycles. The van der Waals surface area contributed by atoms with Crippen molar-refractivity contribution in [2.24, 2.45) is 5.92 Å². The SMILES string of the molecule is Cc1c(CNc2nnc(C)c3ncc(C45CCOCC4C5)cc23)cccc1C(F)(F)F. The Labute approximate surface area is 178 Å².